The second-order valence-corrected chi connectivity index (χ2v) is 4.85. The van der Waals surface area contributed by atoms with Crippen LogP contribution in [-0.2, 0) is 16.6 Å². The summed E-state index contributed by atoms with van der Waals surface area (Å²) in [5.74, 6) is -0.0690. The molecule has 0 radical (unpaired) electrons. The van der Waals surface area contributed by atoms with Crippen LogP contribution in [0, 0.1) is 17.0 Å². The summed E-state index contributed by atoms with van der Waals surface area (Å²) < 4.78 is 6.34. The van der Waals surface area contributed by atoms with Crippen molar-refractivity contribution >= 4 is 17.6 Å². The van der Waals surface area contributed by atoms with Crippen molar-refractivity contribution in [3.8, 4) is 0 Å². The van der Waals surface area contributed by atoms with Crippen LogP contribution >= 0.6 is 0 Å². The van der Waals surface area contributed by atoms with Gasteiger partial charge in [-0.25, -0.2) is 4.79 Å². The lowest BCUT2D eigenvalue weighted by molar-refractivity contribution is -0.388. The van der Waals surface area contributed by atoms with Crippen LogP contribution in [0.15, 0.2) is 0 Å². The summed E-state index contributed by atoms with van der Waals surface area (Å²) in [5, 5.41) is 14.0. The van der Waals surface area contributed by atoms with Gasteiger partial charge in [0.1, 0.15) is 5.54 Å². The predicted molar refractivity (Wildman–Crippen MR) is 73.6 cm³/mol. The Morgan fingerprint density at radius 1 is 1.60 bits per heavy atom. The van der Waals surface area contributed by atoms with E-state index in [0.717, 1.165) is 6.42 Å². The van der Waals surface area contributed by atoms with Crippen molar-refractivity contribution in [3.63, 3.8) is 0 Å². The summed E-state index contributed by atoms with van der Waals surface area (Å²) in [7, 11) is 2.95. The molecule has 1 aromatic rings. The lowest BCUT2D eigenvalue weighted by Crippen LogP contribution is -2.44. The van der Waals surface area contributed by atoms with Gasteiger partial charge in [-0.3, -0.25) is 4.57 Å². The zero-order valence-electron chi connectivity index (χ0n) is 12.4. The molecule has 0 spiro atoms. The Hall–Kier alpha value is -2.12. The highest BCUT2D eigenvalue weighted by Gasteiger charge is 2.37. The fourth-order valence-corrected chi connectivity index (χ4v) is 2.06. The van der Waals surface area contributed by atoms with Crippen molar-refractivity contribution in [2.24, 2.45) is 7.05 Å². The first-order valence-corrected chi connectivity index (χ1v) is 6.31. The van der Waals surface area contributed by atoms with Crippen LogP contribution in [0.5, 0.6) is 0 Å². The van der Waals surface area contributed by atoms with Gasteiger partial charge in [0.15, 0.2) is 0 Å². The number of carbonyl (C=O) groups excluding carboxylic acids is 1. The molecule has 112 valence electrons. The molecule has 0 aliphatic heterocycles. The topological polar surface area (TPSA) is 99.3 Å². The number of imidazole rings is 1. The van der Waals surface area contributed by atoms with Crippen molar-refractivity contribution in [1.82, 2.24) is 9.55 Å². The van der Waals surface area contributed by atoms with E-state index in [4.69, 9.17) is 4.74 Å². The molecule has 1 heterocycles. The van der Waals surface area contributed by atoms with Gasteiger partial charge in [-0.2, -0.15) is 0 Å². The molecule has 0 aliphatic rings. The Labute approximate surface area is 117 Å². The van der Waals surface area contributed by atoms with Crippen LogP contribution in [0.2, 0.25) is 0 Å². The number of hydrogen-bond donors (Lipinski definition) is 1. The SMILES string of the molecule is CCCC(C)(Nc1c([N+](=O)[O-])nc(C)n1C)C(=O)OC. The van der Waals surface area contributed by atoms with Crippen LogP contribution in [0.3, 0.4) is 0 Å². The highest BCUT2D eigenvalue weighted by molar-refractivity contribution is 5.84. The molecule has 0 amide bonds. The van der Waals surface area contributed by atoms with Gasteiger partial charge in [0, 0.05) is 14.0 Å². The Balaban J connectivity index is 3.24. The molecule has 1 rings (SSSR count). The third kappa shape index (κ3) is 2.89. The number of rotatable bonds is 6. The summed E-state index contributed by atoms with van der Waals surface area (Å²) >= 11 is 0. The van der Waals surface area contributed by atoms with Gasteiger partial charge in [-0.1, -0.05) is 13.3 Å². The maximum absolute atomic E-state index is 11.9. The van der Waals surface area contributed by atoms with Crippen molar-refractivity contribution in [1.29, 1.82) is 0 Å². The molecule has 0 aromatic carbocycles. The van der Waals surface area contributed by atoms with E-state index in [9.17, 15) is 14.9 Å². The maximum Gasteiger partial charge on any atom is 0.406 e. The average molecular weight is 284 g/mol. The average Bonchev–Trinajstić information content (AvgIpc) is 2.66. The molecule has 1 N–H and O–H groups in total. The standard InChI is InChI=1S/C12H20N4O4/c1-6-7-12(3,11(17)20-5)14-10-9(16(18)19)13-8(2)15(10)4/h14H,6-7H2,1-5H3. The second-order valence-electron chi connectivity index (χ2n) is 4.85. The first kappa shape index (κ1) is 15.9. The molecule has 0 saturated heterocycles. The monoisotopic (exact) mass is 284 g/mol. The van der Waals surface area contributed by atoms with Gasteiger partial charge in [0.25, 0.3) is 0 Å². The zero-order valence-corrected chi connectivity index (χ0v) is 12.4. The Morgan fingerprint density at radius 2 is 2.20 bits per heavy atom. The predicted octanol–water partition coefficient (Wildman–Crippen LogP) is 1.78. The van der Waals surface area contributed by atoms with Gasteiger partial charge < -0.3 is 20.2 Å². The number of esters is 1. The minimum absolute atomic E-state index is 0.203. The molecule has 8 nitrogen and oxygen atoms in total. The van der Waals surface area contributed by atoms with Crippen molar-refractivity contribution in [3.05, 3.63) is 15.9 Å². The maximum atomic E-state index is 11.9. The quantitative estimate of drug-likeness (QED) is 0.485. The molecule has 0 saturated carbocycles. The fourth-order valence-electron chi connectivity index (χ4n) is 2.06. The number of ether oxygens (including phenoxy) is 1. The number of aromatic nitrogens is 2. The number of carbonyl (C=O) groups is 1. The first-order valence-electron chi connectivity index (χ1n) is 6.31. The molecule has 0 aliphatic carbocycles. The normalized spacial score (nSPS) is 13.7. The first-order chi connectivity index (χ1) is 9.26. The Bertz CT molecular complexity index is 526. The molecule has 8 heteroatoms. The number of nitrogens with one attached hydrogen (secondary N) is 1. The third-order valence-electron chi connectivity index (χ3n) is 3.25. The van der Waals surface area contributed by atoms with Gasteiger partial charge >= 0.3 is 11.8 Å². The lowest BCUT2D eigenvalue weighted by atomic mass is 9.96. The van der Waals surface area contributed by atoms with Crippen LogP contribution in [0.4, 0.5) is 11.6 Å². The van der Waals surface area contributed by atoms with Crippen LogP contribution in [0.1, 0.15) is 32.5 Å². The minimum atomic E-state index is -1.03. The van der Waals surface area contributed by atoms with Gasteiger partial charge in [0.2, 0.25) is 11.6 Å². The molecule has 0 fully saturated rings. The van der Waals surface area contributed by atoms with E-state index in [-0.39, 0.29) is 11.6 Å². The molecule has 0 bridgehead atoms. The van der Waals surface area contributed by atoms with Crippen LogP contribution < -0.4 is 5.32 Å². The van der Waals surface area contributed by atoms with Crippen LogP contribution in [0.25, 0.3) is 0 Å². The van der Waals surface area contributed by atoms with E-state index in [0.29, 0.717) is 12.2 Å². The van der Waals surface area contributed by atoms with E-state index in [1.165, 1.54) is 7.11 Å². The van der Waals surface area contributed by atoms with Crippen molar-refractivity contribution in [2.45, 2.75) is 39.2 Å². The number of hydrogen-bond acceptors (Lipinski definition) is 6. The number of nitrogens with zero attached hydrogens (tertiary/aromatic N) is 3. The minimum Gasteiger partial charge on any atom is -0.467 e. The lowest BCUT2D eigenvalue weighted by Gasteiger charge is -2.28. The van der Waals surface area contributed by atoms with Crippen molar-refractivity contribution < 1.29 is 14.5 Å². The number of anilines is 1. The van der Waals surface area contributed by atoms with Gasteiger partial charge in [-0.05, 0) is 23.3 Å². The van der Waals surface area contributed by atoms with Crippen molar-refractivity contribution in [2.75, 3.05) is 12.4 Å². The molecular weight excluding hydrogens is 264 g/mol. The summed E-state index contributed by atoms with van der Waals surface area (Å²) in [4.78, 5) is 26.3. The van der Waals surface area contributed by atoms with E-state index in [1.807, 2.05) is 6.92 Å². The molecule has 20 heavy (non-hydrogen) atoms. The number of nitro groups is 1. The summed E-state index contributed by atoms with van der Waals surface area (Å²) in [6, 6.07) is 0. The summed E-state index contributed by atoms with van der Waals surface area (Å²) in [6.45, 7) is 5.24. The third-order valence-corrected chi connectivity index (χ3v) is 3.25. The second kappa shape index (κ2) is 5.89. The molecule has 1 unspecified atom stereocenters. The summed E-state index contributed by atoms with van der Waals surface area (Å²) in [6.07, 6.45) is 1.21. The Morgan fingerprint density at radius 3 is 2.65 bits per heavy atom. The van der Waals surface area contributed by atoms with Gasteiger partial charge in [0.05, 0.1) is 7.11 Å². The largest absolute Gasteiger partial charge is 0.467 e. The number of aryl methyl sites for hydroxylation is 1. The number of methoxy groups -OCH3 is 1. The molecular formula is C12H20N4O4. The fraction of sp³-hybridized carbons (Fsp3) is 0.667. The van der Waals surface area contributed by atoms with Gasteiger partial charge in [-0.15, -0.1) is 0 Å². The smallest absolute Gasteiger partial charge is 0.406 e. The van der Waals surface area contributed by atoms with E-state index >= 15 is 0 Å². The highest BCUT2D eigenvalue weighted by Crippen LogP contribution is 2.29. The Kier molecular flexibility index (Phi) is 4.69. The molecule has 1 atom stereocenters. The summed E-state index contributed by atoms with van der Waals surface area (Å²) in [5.41, 5.74) is -1.03. The molecule has 1 aromatic heterocycles. The van der Waals surface area contributed by atoms with Crippen LogP contribution in [-0.4, -0.2) is 33.1 Å². The van der Waals surface area contributed by atoms with E-state index in [1.54, 1.807) is 25.5 Å². The zero-order chi connectivity index (χ0) is 15.5. The van der Waals surface area contributed by atoms with E-state index < -0.39 is 16.4 Å². The van der Waals surface area contributed by atoms with E-state index in [2.05, 4.69) is 10.3 Å². The highest BCUT2D eigenvalue weighted by atomic mass is 16.6.